The normalized spacial score (nSPS) is 17.1. The van der Waals surface area contributed by atoms with Crippen molar-refractivity contribution in [3.63, 3.8) is 0 Å². The molecule has 1 aliphatic heterocycles. The first-order valence-electron chi connectivity index (χ1n) is 9.77. The number of hydrogen-bond acceptors (Lipinski definition) is 2. The molecule has 0 amide bonds. The first-order chi connectivity index (χ1) is 11.9. The molecule has 0 atom stereocenters. The highest BCUT2D eigenvalue weighted by Crippen LogP contribution is 2.23. The first kappa shape index (κ1) is 23.2. The molecule has 0 unspecified atom stereocenters. The summed E-state index contributed by atoms with van der Waals surface area (Å²) in [4.78, 5) is 7.45. The van der Waals surface area contributed by atoms with Gasteiger partial charge in [0.25, 0.3) is 0 Å². The fourth-order valence-corrected chi connectivity index (χ4v) is 3.33. The Morgan fingerprint density at radius 3 is 2.35 bits per heavy atom. The van der Waals surface area contributed by atoms with Crippen LogP contribution in [0.4, 0.5) is 0 Å². The second-order valence-corrected chi connectivity index (χ2v) is 7.99. The maximum Gasteiger partial charge on any atom is 0.191 e. The summed E-state index contributed by atoms with van der Waals surface area (Å²) < 4.78 is 0. The molecule has 1 fully saturated rings. The maximum absolute atomic E-state index is 4.89. The predicted molar refractivity (Wildman–Crippen MR) is 124 cm³/mol. The van der Waals surface area contributed by atoms with Gasteiger partial charge in [0, 0.05) is 37.1 Å². The lowest BCUT2D eigenvalue weighted by molar-refractivity contribution is 0.167. The highest BCUT2D eigenvalue weighted by atomic mass is 127. The molecule has 0 spiro atoms. The molecule has 1 aromatic rings. The summed E-state index contributed by atoms with van der Waals surface area (Å²) in [5.41, 5.74) is 1.37. The summed E-state index contributed by atoms with van der Waals surface area (Å²) in [7, 11) is 0. The van der Waals surface area contributed by atoms with Crippen molar-refractivity contribution in [3.05, 3.63) is 35.9 Å². The molecule has 0 saturated carbocycles. The van der Waals surface area contributed by atoms with E-state index < -0.39 is 0 Å². The van der Waals surface area contributed by atoms with Gasteiger partial charge in [-0.2, -0.15) is 0 Å². The van der Waals surface area contributed by atoms with Crippen molar-refractivity contribution in [2.24, 2.45) is 4.99 Å². The Morgan fingerprint density at radius 1 is 1.19 bits per heavy atom. The minimum absolute atomic E-state index is 0. The summed E-state index contributed by atoms with van der Waals surface area (Å²) in [5, 5.41) is 7.07. The smallest absolute Gasteiger partial charge is 0.191 e. The molecule has 0 aromatic heterocycles. The lowest BCUT2D eigenvalue weighted by Crippen LogP contribution is -2.50. The number of benzene rings is 1. The minimum Gasteiger partial charge on any atom is -0.357 e. The number of nitrogens with one attached hydrogen (secondary N) is 2. The summed E-state index contributed by atoms with van der Waals surface area (Å²) >= 11 is 0. The zero-order chi connectivity index (χ0) is 18.3. The van der Waals surface area contributed by atoms with Gasteiger partial charge in [-0.3, -0.25) is 4.99 Å². The van der Waals surface area contributed by atoms with Crippen LogP contribution in [0.1, 0.15) is 53.0 Å². The number of likely N-dealkylation sites (tertiary alicyclic amines) is 1. The van der Waals surface area contributed by atoms with Crippen LogP contribution in [0.5, 0.6) is 0 Å². The monoisotopic (exact) mass is 472 g/mol. The molecular formula is C21H37IN4. The van der Waals surface area contributed by atoms with Gasteiger partial charge in [-0.15, -0.1) is 24.0 Å². The number of nitrogens with zero attached hydrogens (tertiary/aromatic N) is 2. The average molecular weight is 472 g/mol. The van der Waals surface area contributed by atoms with E-state index in [4.69, 9.17) is 4.99 Å². The van der Waals surface area contributed by atoms with Gasteiger partial charge in [0.2, 0.25) is 0 Å². The lowest BCUT2D eigenvalue weighted by Gasteiger charge is -2.35. The first-order valence-corrected chi connectivity index (χ1v) is 9.77. The van der Waals surface area contributed by atoms with E-state index >= 15 is 0 Å². The maximum atomic E-state index is 4.89. The van der Waals surface area contributed by atoms with Crippen molar-refractivity contribution in [2.75, 3.05) is 26.2 Å². The van der Waals surface area contributed by atoms with Crippen LogP contribution in [0.25, 0.3) is 0 Å². The molecule has 0 aliphatic carbocycles. The summed E-state index contributed by atoms with van der Waals surface area (Å²) in [6.45, 7) is 15.2. The second-order valence-electron chi connectivity index (χ2n) is 7.99. The van der Waals surface area contributed by atoms with E-state index in [-0.39, 0.29) is 29.4 Å². The van der Waals surface area contributed by atoms with E-state index in [1.54, 1.807) is 0 Å². The van der Waals surface area contributed by atoms with Gasteiger partial charge >= 0.3 is 0 Å². The molecule has 1 aliphatic rings. The number of piperidine rings is 1. The molecule has 26 heavy (non-hydrogen) atoms. The minimum atomic E-state index is 0. The summed E-state index contributed by atoms with van der Waals surface area (Å²) in [6, 6.07) is 11.8. The Hall–Kier alpha value is -0.820. The fraction of sp³-hybridized carbons (Fsp3) is 0.667. The molecule has 0 radical (unpaired) electrons. The van der Waals surface area contributed by atoms with E-state index in [1.165, 1.54) is 31.5 Å². The lowest BCUT2D eigenvalue weighted by atomic mass is 9.85. The molecule has 1 heterocycles. The van der Waals surface area contributed by atoms with Crippen molar-refractivity contribution in [3.8, 4) is 0 Å². The number of halogens is 1. The van der Waals surface area contributed by atoms with Crippen molar-refractivity contribution in [1.29, 1.82) is 0 Å². The molecule has 2 rings (SSSR count). The van der Waals surface area contributed by atoms with Gasteiger partial charge in [0.05, 0.1) is 6.54 Å². The summed E-state index contributed by atoms with van der Waals surface area (Å²) in [5.74, 6) is 0.953. The van der Waals surface area contributed by atoms with Crippen LogP contribution in [-0.2, 0) is 5.41 Å². The van der Waals surface area contributed by atoms with E-state index in [1.807, 2.05) is 0 Å². The van der Waals surface area contributed by atoms with Crippen LogP contribution in [-0.4, -0.2) is 49.1 Å². The van der Waals surface area contributed by atoms with Crippen LogP contribution < -0.4 is 10.6 Å². The van der Waals surface area contributed by atoms with E-state index in [9.17, 15) is 0 Å². The van der Waals surface area contributed by atoms with E-state index in [0.717, 1.165) is 19.0 Å². The molecule has 4 nitrogen and oxygen atoms in total. The molecule has 1 aromatic carbocycles. The topological polar surface area (TPSA) is 39.7 Å². The van der Waals surface area contributed by atoms with Gasteiger partial charge in [-0.25, -0.2) is 0 Å². The Balaban J connectivity index is 0.00000338. The fourth-order valence-electron chi connectivity index (χ4n) is 3.33. The second kappa shape index (κ2) is 11.1. The Labute approximate surface area is 177 Å². The highest BCUT2D eigenvalue weighted by Gasteiger charge is 2.23. The molecule has 148 valence electrons. The number of guanidine groups is 1. The van der Waals surface area contributed by atoms with E-state index in [0.29, 0.717) is 12.1 Å². The SMILES string of the molecule is CCNC(=NCC(C)(C)c1ccccc1)NC1CCN(C(C)C)CC1.I. The Morgan fingerprint density at radius 2 is 1.81 bits per heavy atom. The van der Waals surface area contributed by atoms with Crippen LogP contribution in [0.3, 0.4) is 0 Å². The number of aliphatic imine (C=N–C) groups is 1. The van der Waals surface area contributed by atoms with E-state index in [2.05, 4.69) is 80.5 Å². The van der Waals surface area contributed by atoms with Crippen molar-refractivity contribution >= 4 is 29.9 Å². The Kier molecular flexibility index (Phi) is 9.93. The third kappa shape index (κ3) is 7.06. The molecule has 5 heteroatoms. The van der Waals surface area contributed by atoms with Crippen LogP contribution in [0.15, 0.2) is 35.3 Å². The van der Waals surface area contributed by atoms with Gasteiger partial charge in [-0.1, -0.05) is 44.2 Å². The van der Waals surface area contributed by atoms with Crippen LogP contribution in [0.2, 0.25) is 0 Å². The molecule has 1 saturated heterocycles. The molecule has 0 bridgehead atoms. The number of rotatable bonds is 6. The van der Waals surface area contributed by atoms with Crippen LogP contribution in [0, 0.1) is 0 Å². The van der Waals surface area contributed by atoms with Gasteiger partial charge in [0.1, 0.15) is 0 Å². The zero-order valence-electron chi connectivity index (χ0n) is 17.1. The number of hydrogen-bond donors (Lipinski definition) is 2. The average Bonchev–Trinajstić information content (AvgIpc) is 2.61. The largest absolute Gasteiger partial charge is 0.357 e. The predicted octanol–water partition coefficient (Wildman–Crippen LogP) is 4.01. The van der Waals surface area contributed by atoms with Crippen molar-refractivity contribution in [1.82, 2.24) is 15.5 Å². The standard InChI is InChI=1S/C21H36N4.HI/c1-6-22-20(24-19-12-14-25(15-13-19)17(2)3)23-16-21(4,5)18-10-8-7-9-11-18;/h7-11,17,19H,6,12-16H2,1-5H3,(H2,22,23,24);1H. The third-order valence-corrected chi connectivity index (χ3v) is 5.13. The molecule has 2 N–H and O–H groups in total. The highest BCUT2D eigenvalue weighted by molar-refractivity contribution is 14.0. The Bertz CT molecular complexity index is 534. The zero-order valence-corrected chi connectivity index (χ0v) is 19.4. The van der Waals surface area contributed by atoms with Gasteiger partial charge in [0.15, 0.2) is 5.96 Å². The van der Waals surface area contributed by atoms with Crippen molar-refractivity contribution < 1.29 is 0 Å². The third-order valence-electron chi connectivity index (χ3n) is 5.13. The summed E-state index contributed by atoms with van der Waals surface area (Å²) in [6.07, 6.45) is 2.37. The van der Waals surface area contributed by atoms with Gasteiger partial charge in [-0.05, 0) is 39.2 Å². The van der Waals surface area contributed by atoms with Crippen LogP contribution >= 0.6 is 24.0 Å². The van der Waals surface area contributed by atoms with Crippen molar-refractivity contribution in [2.45, 2.75) is 65.0 Å². The molecular weight excluding hydrogens is 435 g/mol. The quantitative estimate of drug-likeness (QED) is 0.374. The van der Waals surface area contributed by atoms with Gasteiger partial charge < -0.3 is 15.5 Å².